The number of aromatic nitrogens is 2. The number of aliphatic hydroxyl groups excluding tert-OH is 1. The Hall–Kier alpha value is -1.81. The highest BCUT2D eigenvalue weighted by molar-refractivity contribution is 7.66. The summed E-state index contributed by atoms with van der Waals surface area (Å²) in [7, 11) is -16.7. The molecule has 1 aromatic carbocycles. The van der Waals surface area contributed by atoms with Gasteiger partial charge in [-0.3, -0.25) is 18.9 Å². The molecule has 0 spiro atoms. The van der Waals surface area contributed by atoms with Gasteiger partial charge in [-0.2, -0.15) is 8.62 Å². The van der Waals surface area contributed by atoms with E-state index < -0.39 is 59.8 Å². The number of phosphoric acid groups is 3. The first-order valence-corrected chi connectivity index (χ1v) is 14.7. The molecule has 0 radical (unpaired) electrons. The summed E-state index contributed by atoms with van der Waals surface area (Å²) in [6.45, 7) is -0.873. The molecule has 0 saturated carbocycles. The van der Waals surface area contributed by atoms with E-state index in [1.165, 1.54) is 6.20 Å². The van der Waals surface area contributed by atoms with Crippen LogP contribution in [-0.4, -0.2) is 53.0 Å². The molecule has 1 saturated heterocycles. The van der Waals surface area contributed by atoms with Crippen LogP contribution in [0.25, 0.3) is 0 Å². The first kappa shape index (κ1) is 29.7. The van der Waals surface area contributed by atoms with Crippen molar-refractivity contribution in [3.63, 3.8) is 0 Å². The van der Waals surface area contributed by atoms with Crippen molar-refractivity contribution in [3.05, 3.63) is 68.5 Å². The van der Waals surface area contributed by atoms with Crippen LogP contribution in [0.2, 0.25) is 0 Å². The smallest absolute Gasteiger partial charge is 0.390 e. The maximum atomic E-state index is 12.3. The third-order valence-corrected chi connectivity index (χ3v) is 8.55. The molecule has 17 nitrogen and oxygen atoms in total. The van der Waals surface area contributed by atoms with E-state index in [2.05, 4.69) is 18.1 Å². The quantitative estimate of drug-likeness (QED) is 0.182. The Morgan fingerprint density at radius 1 is 1.00 bits per heavy atom. The molecule has 5 atom stereocenters. The molecule has 1 aliphatic rings. The van der Waals surface area contributed by atoms with Gasteiger partial charge < -0.3 is 34.2 Å². The minimum atomic E-state index is -5.71. The van der Waals surface area contributed by atoms with Gasteiger partial charge in [0.25, 0.3) is 5.56 Å². The SMILES string of the molecule is O=c1[nH]c(=O)n([C@H]2C[C@H](O)[C@@H](COP(=O)(O)OP(=O)(O)OP(=O)(O)O)O2)cc1COCc1ccccc1. The summed E-state index contributed by atoms with van der Waals surface area (Å²) in [5.74, 6) is 0. The second-order valence-corrected chi connectivity index (χ2v) is 12.0. The fraction of sp³-hybridized carbons (Fsp3) is 0.412. The number of phosphoric ester groups is 1. The average molecular weight is 588 g/mol. The van der Waals surface area contributed by atoms with Gasteiger partial charge in [0.05, 0.1) is 31.5 Å². The van der Waals surface area contributed by atoms with Gasteiger partial charge in [-0.15, -0.1) is 0 Å². The Kier molecular flexibility index (Phi) is 9.59. The summed E-state index contributed by atoms with van der Waals surface area (Å²) in [6, 6.07) is 9.10. The molecule has 0 aliphatic carbocycles. The molecule has 2 unspecified atom stereocenters. The number of nitrogens with one attached hydrogen (secondary N) is 1. The van der Waals surface area contributed by atoms with Gasteiger partial charge >= 0.3 is 29.2 Å². The van der Waals surface area contributed by atoms with Gasteiger partial charge in [0.15, 0.2) is 0 Å². The molecule has 37 heavy (non-hydrogen) atoms. The highest BCUT2D eigenvalue weighted by Gasteiger charge is 2.43. The minimum Gasteiger partial charge on any atom is -0.390 e. The molecular weight excluding hydrogens is 565 g/mol. The summed E-state index contributed by atoms with van der Waals surface area (Å²) >= 11 is 0. The van der Waals surface area contributed by atoms with Crippen molar-refractivity contribution in [2.75, 3.05) is 6.61 Å². The molecule has 20 heteroatoms. The molecule has 1 fully saturated rings. The van der Waals surface area contributed by atoms with E-state index in [1.807, 2.05) is 30.3 Å². The zero-order valence-electron chi connectivity index (χ0n) is 18.6. The number of hydrogen-bond donors (Lipinski definition) is 6. The summed E-state index contributed by atoms with van der Waals surface area (Å²) in [5.41, 5.74) is -0.640. The van der Waals surface area contributed by atoms with Gasteiger partial charge in [0, 0.05) is 12.6 Å². The van der Waals surface area contributed by atoms with E-state index in [-0.39, 0.29) is 25.2 Å². The van der Waals surface area contributed by atoms with Crippen LogP contribution in [0.5, 0.6) is 0 Å². The summed E-state index contributed by atoms with van der Waals surface area (Å²) in [5, 5.41) is 10.2. The van der Waals surface area contributed by atoms with Gasteiger partial charge in [-0.05, 0) is 5.56 Å². The summed E-state index contributed by atoms with van der Waals surface area (Å²) in [6.07, 6.45) is -2.92. The van der Waals surface area contributed by atoms with Gasteiger partial charge in [0.1, 0.15) is 12.3 Å². The molecule has 0 bridgehead atoms. The lowest BCUT2D eigenvalue weighted by Gasteiger charge is -2.19. The highest BCUT2D eigenvalue weighted by Crippen LogP contribution is 2.66. The number of aromatic amines is 1. The van der Waals surface area contributed by atoms with Crippen molar-refractivity contribution in [1.82, 2.24) is 9.55 Å². The molecule has 3 rings (SSSR count). The van der Waals surface area contributed by atoms with Crippen LogP contribution in [0.4, 0.5) is 0 Å². The first-order valence-electron chi connectivity index (χ1n) is 10.2. The molecule has 6 N–H and O–H groups in total. The summed E-state index contributed by atoms with van der Waals surface area (Å²) in [4.78, 5) is 62.4. The fourth-order valence-corrected chi connectivity index (χ4v) is 6.23. The Morgan fingerprint density at radius 3 is 2.32 bits per heavy atom. The lowest BCUT2D eigenvalue weighted by molar-refractivity contribution is -0.0452. The van der Waals surface area contributed by atoms with Crippen molar-refractivity contribution < 1.29 is 61.0 Å². The lowest BCUT2D eigenvalue weighted by atomic mass is 10.2. The molecule has 1 aromatic heterocycles. The van der Waals surface area contributed by atoms with Gasteiger partial charge in [-0.25, -0.2) is 18.5 Å². The standard InChI is InChI=1S/C17H23N2O15P3/c20-13-6-15(32-14(13)10-31-36(26,27)34-37(28,29)33-35(23,24)25)19-7-12(16(21)18-17(19)22)9-30-8-11-4-2-1-3-5-11/h1-5,7,13-15,20H,6,8-10H2,(H,26,27)(H,28,29)(H,18,21,22)(H2,23,24,25)/t13-,14+,15+/m0/s1. The molecule has 0 amide bonds. The number of aliphatic hydroxyl groups is 1. The zero-order valence-corrected chi connectivity index (χ0v) is 21.3. The molecule has 1 aliphatic heterocycles. The Bertz CT molecular complexity index is 1340. The Labute approximate surface area is 207 Å². The maximum Gasteiger partial charge on any atom is 0.490 e. The fourth-order valence-electron chi connectivity index (χ4n) is 3.20. The van der Waals surface area contributed by atoms with Crippen LogP contribution < -0.4 is 11.2 Å². The summed E-state index contributed by atoms with van der Waals surface area (Å²) < 4.78 is 57.5. The van der Waals surface area contributed by atoms with E-state index >= 15 is 0 Å². The monoisotopic (exact) mass is 588 g/mol. The minimum absolute atomic E-state index is 0.0744. The topological polar surface area (TPSA) is 253 Å². The van der Waals surface area contributed by atoms with Crippen molar-refractivity contribution in [1.29, 1.82) is 0 Å². The predicted molar refractivity (Wildman–Crippen MR) is 121 cm³/mol. The normalized spacial score (nSPS) is 23.4. The van der Waals surface area contributed by atoms with E-state index in [4.69, 9.17) is 19.3 Å². The van der Waals surface area contributed by atoms with Crippen molar-refractivity contribution in [2.24, 2.45) is 0 Å². The molecule has 2 heterocycles. The van der Waals surface area contributed by atoms with E-state index in [9.17, 15) is 38.2 Å². The van der Waals surface area contributed by atoms with Crippen molar-refractivity contribution in [3.8, 4) is 0 Å². The number of ether oxygens (including phenoxy) is 2. The lowest BCUT2D eigenvalue weighted by Crippen LogP contribution is -2.34. The molecule has 2 aromatic rings. The maximum absolute atomic E-state index is 12.3. The van der Waals surface area contributed by atoms with Crippen LogP contribution in [0.1, 0.15) is 23.8 Å². The third kappa shape index (κ3) is 9.16. The predicted octanol–water partition coefficient (Wildman–Crippen LogP) is 0.245. The number of H-pyrrole nitrogens is 1. The highest BCUT2D eigenvalue weighted by atomic mass is 31.3. The second kappa shape index (κ2) is 11.9. The molecular formula is C17H23N2O15P3. The Balaban J connectivity index is 1.62. The van der Waals surface area contributed by atoms with E-state index in [0.717, 1.165) is 10.1 Å². The van der Waals surface area contributed by atoms with Gasteiger partial charge in [0.2, 0.25) is 0 Å². The number of rotatable bonds is 12. The second-order valence-electron chi connectivity index (χ2n) is 7.62. The largest absolute Gasteiger partial charge is 0.490 e. The van der Waals surface area contributed by atoms with Crippen molar-refractivity contribution >= 4 is 23.5 Å². The van der Waals surface area contributed by atoms with Crippen molar-refractivity contribution in [2.45, 2.75) is 38.1 Å². The van der Waals surface area contributed by atoms with Gasteiger partial charge in [-0.1, -0.05) is 30.3 Å². The van der Waals surface area contributed by atoms with Crippen LogP contribution in [0, 0.1) is 0 Å². The average Bonchev–Trinajstić information content (AvgIpc) is 3.12. The third-order valence-electron chi connectivity index (χ3n) is 4.74. The Morgan fingerprint density at radius 2 is 1.68 bits per heavy atom. The first-order chi connectivity index (χ1) is 17.1. The number of hydrogen-bond acceptors (Lipinski definition) is 11. The van der Waals surface area contributed by atoms with Crippen LogP contribution in [-0.2, 0) is 49.5 Å². The number of nitrogens with zero attached hydrogens (tertiary/aromatic N) is 1. The van der Waals surface area contributed by atoms with Crippen LogP contribution in [0.3, 0.4) is 0 Å². The molecule has 206 valence electrons. The van der Waals surface area contributed by atoms with E-state index in [0.29, 0.717) is 0 Å². The van der Waals surface area contributed by atoms with Crippen LogP contribution >= 0.6 is 23.5 Å². The van der Waals surface area contributed by atoms with E-state index in [1.54, 1.807) is 0 Å². The zero-order chi connectivity index (χ0) is 27.4. The van der Waals surface area contributed by atoms with Crippen LogP contribution in [0.15, 0.2) is 46.1 Å². The number of benzene rings is 1.